The van der Waals surface area contributed by atoms with Gasteiger partial charge >= 0.3 is 5.97 Å². The van der Waals surface area contributed by atoms with Crippen molar-refractivity contribution < 1.29 is 14.3 Å². The number of nitrogens with zero attached hydrogens (tertiary/aromatic N) is 1. The summed E-state index contributed by atoms with van der Waals surface area (Å²) in [5, 5.41) is 6.60. The Morgan fingerprint density at radius 1 is 0.944 bits per heavy atom. The van der Waals surface area contributed by atoms with Crippen LogP contribution >= 0.6 is 22.9 Å². The standard InChI is InChI=1S/C29H21ClN2O3S/c1-2-35-29(34)26-23(18-8-4-3-5-9-18)17-36-28(26)32-27(33)22-16-25(19-12-14-20(30)15-13-19)31-24-11-7-6-10-21(22)24/h3-17H,2H2,1H3,(H,32,33). The molecule has 0 saturated carbocycles. The fraction of sp³-hybridized carbons (Fsp3) is 0.0690. The molecule has 2 aromatic heterocycles. The maximum Gasteiger partial charge on any atom is 0.341 e. The van der Waals surface area contributed by atoms with Crippen molar-refractivity contribution in [3.63, 3.8) is 0 Å². The summed E-state index contributed by atoms with van der Waals surface area (Å²) in [6.07, 6.45) is 0. The van der Waals surface area contributed by atoms with E-state index in [1.165, 1.54) is 11.3 Å². The Morgan fingerprint density at radius 2 is 1.67 bits per heavy atom. The molecule has 1 amide bonds. The number of halogens is 1. The number of hydrogen-bond donors (Lipinski definition) is 1. The summed E-state index contributed by atoms with van der Waals surface area (Å²) >= 11 is 7.35. The third-order valence-corrected chi connectivity index (χ3v) is 6.83. The molecular weight excluding hydrogens is 492 g/mol. The summed E-state index contributed by atoms with van der Waals surface area (Å²) in [5.74, 6) is -0.815. The zero-order valence-electron chi connectivity index (χ0n) is 19.3. The van der Waals surface area contributed by atoms with Crippen molar-refractivity contribution >= 4 is 50.7 Å². The minimum Gasteiger partial charge on any atom is -0.462 e. The number of amides is 1. The zero-order chi connectivity index (χ0) is 25.1. The molecule has 0 saturated heterocycles. The van der Waals surface area contributed by atoms with Crippen molar-refractivity contribution in [1.82, 2.24) is 4.98 Å². The van der Waals surface area contributed by atoms with Gasteiger partial charge in [0.25, 0.3) is 5.91 Å². The normalized spacial score (nSPS) is 10.8. The Hall–Kier alpha value is -4.00. The highest BCUT2D eigenvalue weighted by Crippen LogP contribution is 2.37. The summed E-state index contributed by atoms with van der Waals surface area (Å²) in [4.78, 5) is 31.3. The van der Waals surface area contributed by atoms with Crippen LogP contribution in [0.3, 0.4) is 0 Å². The molecule has 0 fully saturated rings. The van der Waals surface area contributed by atoms with Crippen LogP contribution in [0.5, 0.6) is 0 Å². The molecule has 0 atom stereocenters. The van der Waals surface area contributed by atoms with Gasteiger partial charge in [0.15, 0.2) is 0 Å². The monoisotopic (exact) mass is 512 g/mol. The van der Waals surface area contributed by atoms with Gasteiger partial charge in [-0.1, -0.05) is 72.3 Å². The molecular formula is C29H21ClN2O3S. The average molecular weight is 513 g/mol. The molecule has 7 heteroatoms. The van der Waals surface area contributed by atoms with E-state index < -0.39 is 5.97 Å². The van der Waals surface area contributed by atoms with E-state index >= 15 is 0 Å². The van der Waals surface area contributed by atoms with Crippen LogP contribution in [0.25, 0.3) is 33.3 Å². The molecule has 178 valence electrons. The number of nitrogens with one attached hydrogen (secondary N) is 1. The second kappa shape index (κ2) is 10.3. The first-order valence-corrected chi connectivity index (χ1v) is 12.6. The van der Waals surface area contributed by atoms with Crippen molar-refractivity contribution in [3.05, 3.63) is 106 Å². The number of thiophene rings is 1. The largest absolute Gasteiger partial charge is 0.462 e. The summed E-state index contributed by atoms with van der Waals surface area (Å²) in [5.41, 5.74) is 4.57. The first kappa shape index (κ1) is 23.7. The number of pyridine rings is 1. The summed E-state index contributed by atoms with van der Waals surface area (Å²) in [6, 6.07) is 26.1. The number of rotatable bonds is 6. The van der Waals surface area contributed by atoms with Gasteiger partial charge in [-0.05, 0) is 36.8 Å². The van der Waals surface area contributed by atoms with Gasteiger partial charge in [-0.2, -0.15) is 0 Å². The smallest absolute Gasteiger partial charge is 0.341 e. The zero-order valence-corrected chi connectivity index (χ0v) is 20.9. The summed E-state index contributed by atoms with van der Waals surface area (Å²) in [6.45, 7) is 1.99. The molecule has 0 aliphatic rings. The molecule has 0 radical (unpaired) electrons. The summed E-state index contributed by atoms with van der Waals surface area (Å²) in [7, 11) is 0. The highest BCUT2D eigenvalue weighted by molar-refractivity contribution is 7.15. The Kier molecular flexibility index (Phi) is 6.80. The van der Waals surface area contributed by atoms with E-state index in [-0.39, 0.29) is 12.5 Å². The number of anilines is 1. The summed E-state index contributed by atoms with van der Waals surface area (Å²) < 4.78 is 5.33. The van der Waals surface area contributed by atoms with Crippen LogP contribution in [-0.2, 0) is 4.74 Å². The Balaban J connectivity index is 1.58. The van der Waals surface area contributed by atoms with Crippen LogP contribution < -0.4 is 5.32 Å². The average Bonchev–Trinajstić information content (AvgIpc) is 3.32. The van der Waals surface area contributed by atoms with Gasteiger partial charge in [-0.3, -0.25) is 4.79 Å². The molecule has 1 N–H and O–H groups in total. The van der Waals surface area contributed by atoms with E-state index in [1.807, 2.05) is 72.1 Å². The number of ether oxygens (including phenoxy) is 1. The van der Waals surface area contributed by atoms with Gasteiger partial charge in [-0.25, -0.2) is 9.78 Å². The van der Waals surface area contributed by atoms with Gasteiger partial charge in [-0.15, -0.1) is 11.3 Å². The lowest BCUT2D eigenvalue weighted by atomic mass is 10.0. The van der Waals surface area contributed by atoms with Gasteiger partial charge in [0, 0.05) is 26.9 Å². The van der Waals surface area contributed by atoms with Crippen molar-refractivity contribution in [2.45, 2.75) is 6.92 Å². The first-order chi connectivity index (χ1) is 17.5. The molecule has 0 unspecified atom stereocenters. The quantitative estimate of drug-likeness (QED) is 0.236. The predicted octanol–water partition coefficient (Wildman–Crippen LogP) is 7.71. The van der Waals surface area contributed by atoms with Crippen LogP contribution in [-0.4, -0.2) is 23.5 Å². The highest BCUT2D eigenvalue weighted by Gasteiger charge is 2.24. The molecule has 3 aromatic carbocycles. The van der Waals surface area contributed by atoms with Gasteiger partial charge in [0.1, 0.15) is 10.6 Å². The van der Waals surface area contributed by atoms with Crippen LogP contribution in [0.2, 0.25) is 5.02 Å². The van der Waals surface area contributed by atoms with E-state index in [2.05, 4.69) is 5.32 Å². The minimum absolute atomic E-state index is 0.232. The molecule has 5 nitrogen and oxygen atoms in total. The topological polar surface area (TPSA) is 68.3 Å². The molecule has 0 aliphatic heterocycles. The molecule has 2 heterocycles. The fourth-order valence-corrected chi connectivity index (χ4v) is 5.07. The fourth-order valence-electron chi connectivity index (χ4n) is 3.99. The number of aromatic nitrogens is 1. The third kappa shape index (κ3) is 4.73. The van der Waals surface area contributed by atoms with Crippen LogP contribution in [0.1, 0.15) is 27.6 Å². The molecule has 5 rings (SSSR count). The number of esters is 1. The lowest BCUT2D eigenvalue weighted by molar-refractivity contribution is 0.0529. The van der Waals surface area contributed by atoms with Gasteiger partial charge in [0.2, 0.25) is 0 Å². The molecule has 0 spiro atoms. The number of carbonyl (C=O) groups excluding carboxylic acids is 2. The van der Waals surface area contributed by atoms with E-state index in [0.717, 1.165) is 16.7 Å². The number of para-hydroxylation sites is 1. The predicted molar refractivity (Wildman–Crippen MR) is 146 cm³/mol. The second-order valence-electron chi connectivity index (χ2n) is 7.97. The molecule has 5 aromatic rings. The molecule has 0 aliphatic carbocycles. The Bertz CT molecular complexity index is 1560. The third-order valence-electron chi connectivity index (χ3n) is 5.68. The number of benzene rings is 3. The maximum atomic E-state index is 13.6. The lowest BCUT2D eigenvalue weighted by Crippen LogP contribution is -2.15. The van der Waals surface area contributed by atoms with Crippen LogP contribution in [0, 0.1) is 0 Å². The van der Waals surface area contributed by atoms with Crippen LogP contribution in [0.4, 0.5) is 5.00 Å². The van der Waals surface area contributed by atoms with E-state index in [1.54, 1.807) is 25.1 Å². The minimum atomic E-state index is -0.477. The Labute approximate surface area is 217 Å². The number of carbonyl (C=O) groups is 2. The first-order valence-electron chi connectivity index (χ1n) is 11.4. The van der Waals surface area contributed by atoms with Gasteiger partial charge in [0.05, 0.1) is 23.4 Å². The van der Waals surface area contributed by atoms with Crippen LogP contribution in [0.15, 0.2) is 90.3 Å². The Morgan fingerprint density at radius 3 is 2.42 bits per heavy atom. The highest BCUT2D eigenvalue weighted by atomic mass is 35.5. The van der Waals surface area contributed by atoms with Crippen molar-refractivity contribution in [2.75, 3.05) is 11.9 Å². The maximum absolute atomic E-state index is 13.6. The van der Waals surface area contributed by atoms with E-state index in [0.29, 0.717) is 37.7 Å². The molecule has 36 heavy (non-hydrogen) atoms. The lowest BCUT2D eigenvalue weighted by Gasteiger charge is -2.12. The second-order valence-corrected chi connectivity index (χ2v) is 9.29. The van der Waals surface area contributed by atoms with E-state index in [4.69, 9.17) is 21.3 Å². The van der Waals surface area contributed by atoms with Crippen molar-refractivity contribution in [3.8, 4) is 22.4 Å². The van der Waals surface area contributed by atoms with Crippen molar-refractivity contribution in [2.24, 2.45) is 0 Å². The van der Waals surface area contributed by atoms with E-state index in [9.17, 15) is 9.59 Å². The van der Waals surface area contributed by atoms with Gasteiger partial charge < -0.3 is 10.1 Å². The van der Waals surface area contributed by atoms with Crippen molar-refractivity contribution in [1.29, 1.82) is 0 Å². The molecule has 0 bridgehead atoms. The SMILES string of the molecule is CCOC(=O)c1c(-c2ccccc2)csc1NC(=O)c1cc(-c2ccc(Cl)cc2)nc2ccccc12. The number of hydrogen-bond acceptors (Lipinski definition) is 5. The number of fused-ring (bicyclic) bond motifs is 1.